The molecule has 0 aliphatic carbocycles. The fourth-order valence-electron chi connectivity index (χ4n) is 1.82. The maximum absolute atomic E-state index is 13.7. The smallest absolute Gasteiger partial charge is 0.147 e. The molecule has 0 radical (unpaired) electrons. The third kappa shape index (κ3) is 3.07. The van der Waals surface area contributed by atoms with Gasteiger partial charge in [-0.2, -0.15) is 0 Å². The molecule has 2 nitrogen and oxygen atoms in total. The van der Waals surface area contributed by atoms with E-state index in [2.05, 4.69) is 21.2 Å². The summed E-state index contributed by atoms with van der Waals surface area (Å²) in [5.74, 6) is -1.91. The maximum Gasteiger partial charge on any atom is 0.147 e. The van der Waals surface area contributed by atoms with E-state index in [0.29, 0.717) is 0 Å². The van der Waals surface area contributed by atoms with Gasteiger partial charge in [0.15, 0.2) is 0 Å². The molecule has 0 aromatic heterocycles. The van der Waals surface area contributed by atoms with Crippen molar-refractivity contribution in [3.05, 3.63) is 57.8 Å². The van der Waals surface area contributed by atoms with Crippen LogP contribution in [0, 0.1) is 17.5 Å². The predicted octanol–water partition coefficient (Wildman–Crippen LogP) is 4.75. The number of hydrogen-bond acceptors (Lipinski definition) is 2. The summed E-state index contributed by atoms with van der Waals surface area (Å²) >= 11 is 2.88. The molecule has 2 aromatic carbocycles. The zero-order valence-corrected chi connectivity index (χ0v) is 12.0. The first kappa shape index (κ1) is 14.7. The van der Waals surface area contributed by atoms with Crippen LogP contribution in [0.1, 0.15) is 18.5 Å². The molecule has 106 valence electrons. The Hall–Kier alpha value is -1.69. The van der Waals surface area contributed by atoms with Crippen LogP contribution in [-0.2, 0) is 0 Å². The number of phenolic OH excluding ortho intramolecular Hbond substituents is 1. The van der Waals surface area contributed by atoms with E-state index in [-0.39, 0.29) is 21.5 Å². The highest BCUT2D eigenvalue weighted by Crippen LogP contribution is 2.30. The fourth-order valence-corrected chi connectivity index (χ4v) is 2.13. The number of phenols is 1. The molecule has 1 unspecified atom stereocenters. The monoisotopic (exact) mass is 345 g/mol. The molecule has 0 fully saturated rings. The van der Waals surface area contributed by atoms with E-state index < -0.39 is 23.5 Å². The second-order valence-corrected chi connectivity index (χ2v) is 5.17. The van der Waals surface area contributed by atoms with Crippen LogP contribution in [0.15, 0.2) is 34.8 Å². The standard InChI is InChI=1S/C14H11BrF3NO/c1-7(9-4-8(16)2-3-14(9)20)19-13-6-11(17)10(15)5-12(13)18/h2-7,19-20H,1H3. The van der Waals surface area contributed by atoms with Gasteiger partial charge in [-0.15, -0.1) is 0 Å². The van der Waals surface area contributed by atoms with Crippen LogP contribution in [-0.4, -0.2) is 5.11 Å². The molecule has 2 N–H and O–H groups in total. The van der Waals surface area contributed by atoms with E-state index in [0.717, 1.165) is 24.3 Å². The van der Waals surface area contributed by atoms with Crippen LogP contribution in [0.4, 0.5) is 18.9 Å². The number of anilines is 1. The van der Waals surface area contributed by atoms with Gasteiger partial charge in [-0.3, -0.25) is 0 Å². The van der Waals surface area contributed by atoms with E-state index in [1.54, 1.807) is 6.92 Å². The second kappa shape index (κ2) is 5.75. The van der Waals surface area contributed by atoms with Crippen molar-refractivity contribution in [2.45, 2.75) is 13.0 Å². The first-order valence-electron chi connectivity index (χ1n) is 5.78. The minimum atomic E-state index is -0.652. The quantitative estimate of drug-likeness (QED) is 0.787. The number of rotatable bonds is 3. The molecule has 6 heteroatoms. The Morgan fingerprint density at radius 1 is 1.10 bits per heavy atom. The zero-order chi connectivity index (χ0) is 14.9. The van der Waals surface area contributed by atoms with Crippen molar-refractivity contribution < 1.29 is 18.3 Å². The average molecular weight is 346 g/mol. The van der Waals surface area contributed by atoms with Gasteiger partial charge in [0.1, 0.15) is 23.2 Å². The Morgan fingerprint density at radius 2 is 1.80 bits per heavy atom. The van der Waals surface area contributed by atoms with Gasteiger partial charge in [-0.25, -0.2) is 13.2 Å². The van der Waals surface area contributed by atoms with Gasteiger partial charge in [0, 0.05) is 11.6 Å². The highest BCUT2D eigenvalue weighted by atomic mass is 79.9. The predicted molar refractivity (Wildman–Crippen MR) is 74.2 cm³/mol. The lowest BCUT2D eigenvalue weighted by Crippen LogP contribution is -2.09. The molecule has 0 heterocycles. The molecule has 1 atom stereocenters. The zero-order valence-electron chi connectivity index (χ0n) is 10.4. The van der Waals surface area contributed by atoms with Gasteiger partial charge in [-0.05, 0) is 47.1 Å². The van der Waals surface area contributed by atoms with Crippen molar-refractivity contribution in [2.75, 3.05) is 5.32 Å². The van der Waals surface area contributed by atoms with Gasteiger partial charge in [0.2, 0.25) is 0 Å². The molecule has 0 bridgehead atoms. The Balaban J connectivity index is 2.30. The first-order valence-corrected chi connectivity index (χ1v) is 6.57. The van der Waals surface area contributed by atoms with Crippen molar-refractivity contribution in [1.29, 1.82) is 0 Å². The Morgan fingerprint density at radius 3 is 2.50 bits per heavy atom. The molecule has 2 aromatic rings. The lowest BCUT2D eigenvalue weighted by Gasteiger charge is -2.17. The third-order valence-electron chi connectivity index (χ3n) is 2.84. The summed E-state index contributed by atoms with van der Waals surface area (Å²) in [5, 5.41) is 12.4. The normalized spacial score (nSPS) is 12.2. The largest absolute Gasteiger partial charge is 0.508 e. The van der Waals surface area contributed by atoms with Crippen LogP contribution in [0.2, 0.25) is 0 Å². The third-order valence-corrected chi connectivity index (χ3v) is 3.45. The van der Waals surface area contributed by atoms with Crippen molar-refractivity contribution in [2.24, 2.45) is 0 Å². The van der Waals surface area contributed by atoms with Gasteiger partial charge >= 0.3 is 0 Å². The Labute approximate surface area is 122 Å². The summed E-state index contributed by atoms with van der Waals surface area (Å²) in [6.45, 7) is 1.61. The molecule has 0 aliphatic heterocycles. The molecule has 2 rings (SSSR count). The van der Waals surface area contributed by atoms with Crippen LogP contribution >= 0.6 is 15.9 Å². The van der Waals surface area contributed by atoms with Crippen molar-refractivity contribution in [3.8, 4) is 5.75 Å². The average Bonchev–Trinajstić information content (AvgIpc) is 2.38. The van der Waals surface area contributed by atoms with Crippen LogP contribution in [0.5, 0.6) is 5.75 Å². The van der Waals surface area contributed by atoms with Gasteiger partial charge < -0.3 is 10.4 Å². The summed E-state index contributed by atoms with van der Waals surface area (Å²) in [7, 11) is 0. The van der Waals surface area contributed by atoms with E-state index in [1.165, 1.54) is 6.07 Å². The lowest BCUT2D eigenvalue weighted by molar-refractivity contribution is 0.462. The van der Waals surface area contributed by atoms with Crippen LogP contribution in [0.3, 0.4) is 0 Å². The summed E-state index contributed by atoms with van der Waals surface area (Å²) in [6, 6.07) is 4.86. The van der Waals surface area contributed by atoms with Crippen LogP contribution in [0.25, 0.3) is 0 Å². The SMILES string of the molecule is CC(Nc1cc(F)c(Br)cc1F)c1cc(F)ccc1O. The molecular weight excluding hydrogens is 335 g/mol. The van der Waals surface area contributed by atoms with E-state index in [1.807, 2.05) is 0 Å². The number of nitrogens with one attached hydrogen (secondary N) is 1. The van der Waals surface area contributed by atoms with Crippen molar-refractivity contribution >= 4 is 21.6 Å². The van der Waals surface area contributed by atoms with E-state index >= 15 is 0 Å². The highest BCUT2D eigenvalue weighted by Gasteiger charge is 2.15. The Bertz CT molecular complexity index is 649. The van der Waals surface area contributed by atoms with Crippen molar-refractivity contribution in [3.63, 3.8) is 0 Å². The first-order chi connectivity index (χ1) is 9.38. The summed E-state index contributed by atoms with van der Waals surface area (Å²) in [4.78, 5) is 0. The molecule has 0 saturated carbocycles. The molecule has 0 aliphatic rings. The highest BCUT2D eigenvalue weighted by molar-refractivity contribution is 9.10. The fraction of sp³-hybridized carbons (Fsp3) is 0.143. The van der Waals surface area contributed by atoms with Gasteiger partial charge in [-0.1, -0.05) is 0 Å². The maximum atomic E-state index is 13.7. The van der Waals surface area contributed by atoms with Gasteiger partial charge in [0.25, 0.3) is 0 Å². The molecule has 0 saturated heterocycles. The summed E-state index contributed by atoms with van der Waals surface area (Å²) in [5.41, 5.74) is 0.189. The minimum absolute atomic E-state index is 0.0156. The van der Waals surface area contributed by atoms with E-state index in [9.17, 15) is 18.3 Å². The number of benzene rings is 2. The molecular formula is C14H11BrF3NO. The molecule has 20 heavy (non-hydrogen) atoms. The van der Waals surface area contributed by atoms with Crippen LogP contribution < -0.4 is 5.32 Å². The lowest BCUT2D eigenvalue weighted by atomic mass is 10.1. The number of halogens is 4. The summed E-state index contributed by atoms with van der Waals surface area (Å²) < 4.78 is 40.3. The Kier molecular flexibility index (Phi) is 4.23. The second-order valence-electron chi connectivity index (χ2n) is 4.32. The number of aromatic hydroxyl groups is 1. The molecule has 0 spiro atoms. The van der Waals surface area contributed by atoms with E-state index in [4.69, 9.17) is 0 Å². The van der Waals surface area contributed by atoms with Crippen molar-refractivity contribution in [1.82, 2.24) is 0 Å². The topological polar surface area (TPSA) is 32.3 Å². The minimum Gasteiger partial charge on any atom is -0.508 e. The molecule has 0 amide bonds. The van der Waals surface area contributed by atoms with Gasteiger partial charge in [0.05, 0.1) is 16.2 Å². The number of hydrogen-bond donors (Lipinski definition) is 2. The summed E-state index contributed by atoms with van der Waals surface area (Å²) in [6.07, 6.45) is 0.